The Morgan fingerprint density at radius 3 is 2.96 bits per heavy atom. The predicted octanol–water partition coefficient (Wildman–Crippen LogP) is 2.11. The van der Waals surface area contributed by atoms with Crippen LogP contribution in [0, 0.1) is 0 Å². The number of nitrogens with zero attached hydrogens (tertiary/aromatic N) is 2. The number of carbonyl (C=O) groups is 1. The van der Waals surface area contributed by atoms with Crippen LogP contribution in [0.25, 0.3) is 0 Å². The maximum atomic E-state index is 12.6. The molecule has 4 rings (SSSR count). The number of hydrogen-bond acceptors (Lipinski definition) is 3. The molecule has 1 atom stereocenters. The summed E-state index contributed by atoms with van der Waals surface area (Å²) in [5.74, 6) is 1.38. The van der Waals surface area contributed by atoms with Crippen LogP contribution < -0.4 is 15.8 Å². The van der Waals surface area contributed by atoms with Crippen LogP contribution in [0.5, 0.6) is 5.75 Å². The third-order valence-corrected chi connectivity index (χ3v) is 5.12. The van der Waals surface area contributed by atoms with Gasteiger partial charge < -0.3 is 20.7 Å². The van der Waals surface area contributed by atoms with Gasteiger partial charge in [0.05, 0.1) is 19.2 Å². The first-order valence-electron chi connectivity index (χ1n) is 9.38. The molecule has 0 radical (unpaired) electrons. The number of benzene rings is 2. The summed E-state index contributed by atoms with van der Waals surface area (Å²) in [5.41, 5.74) is 9.11. The van der Waals surface area contributed by atoms with Gasteiger partial charge >= 0.3 is 0 Å². The number of rotatable bonds is 4. The molecule has 0 saturated carbocycles. The molecule has 1 amide bonds. The minimum atomic E-state index is 0.0805. The quantitative estimate of drug-likeness (QED) is 0.643. The fraction of sp³-hybridized carbons (Fsp3) is 0.333. The van der Waals surface area contributed by atoms with Gasteiger partial charge in [-0.2, -0.15) is 0 Å². The smallest absolute Gasteiger partial charge is 0.254 e. The second-order valence-electron chi connectivity index (χ2n) is 6.84. The Balaban J connectivity index is 1.34. The number of nitrogens with one attached hydrogen (secondary N) is 1. The average Bonchev–Trinajstić information content (AvgIpc) is 2.70. The highest BCUT2D eigenvalue weighted by Crippen LogP contribution is 2.31. The highest BCUT2D eigenvalue weighted by atomic mass is 16.5. The van der Waals surface area contributed by atoms with E-state index in [-0.39, 0.29) is 11.9 Å². The van der Waals surface area contributed by atoms with Crippen molar-refractivity contribution in [1.29, 1.82) is 0 Å². The molecule has 0 fully saturated rings. The van der Waals surface area contributed by atoms with Crippen LogP contribution in [0.15, 0.2) is 53.5 Å². The van der Waals surface area contributed by atoms with Crippen LogP contribution in [0.4, 0.5) is 0 Å². The van der Waals surface area contributed by atoms with Crippen LogP contribution in [-0.2, 0) is 6.42 Å². The molecule has 1 unspecified atom stereocenters. The van der Waals surface area contributed by atoms with Gasteiger partial charge in [-0.1, -0.05) is 36.4 Å². The SMILES string of the molecule is NC(=NCCN1CCc2ccccc2C1=O)NC1CCOc2ccccc21. The summed E-state index contributed by atoms with van der Waals surface area (Å²) in [4.78, 5) is 18.8. The van der Waals surface area contributed by atoms with Crippen molar-refractivity contribution in [2.75, 3.05) is 26.2 Å². The Hall–Kier alpha value is -3.02. The summed E-state index contributed by atoms with van der Waals surface area (Å²) in [5, 5.41) is 3.28. The lowest BCUT2D eigenvalue weighted by Gasteiger charge is -2.28. The maximum absolute atomic E-state index is 12.6. The Kier molecular flexibility index (Phi) is 4.96. The van der Waals surface area contributed by atoms with Crippen molar-refractivity contribution in [2.24, 2.45) is 10.7 Å². The fourth-order valence-electron chi connectivity index (χ4n) is 3.69. The molecule has 140 valence electrons. The normalized spacial score (nSPS) is 19.1. The Morgan fingerprint density at radius 1 is 1.22 bits per heavy atom. The molecule has 0 aromatic heterocycles. The Morgan fingerprint density at radius 2 is 2.04 bits per heavy atom. The largest absolute Gasteiger partial charge is 0.493 e. The summed E-state index contributed by atoms with van der Waals surface area (Å²) >= 11 is 0. The third-order valence-electron chi connectivity index (χ3n) is 5.12. The molecule has 0 bridgehead atoms. The van der Waals surface area contributed by atoms with Crippen LogP contribution in [-0.4, -0.2) is 43.0 Å². The predicted molar refractivity (Wildman–Crippen MR) is 105 cm³/mol. The van der Waals surface area contributed by atoms with E-state index in [9.17, 15) is 4.79 Å². The monoisotopic (exact) mass is 364 g/mol. The summed E-state index contributed by atoms with van der Waals surface area (Å²) in [7, 11) is 0. The van der Waals surface area contributed by atoms with Crippen molar-refractivity contribution in [2.45, 2.75) is 18.9 Å². The van der Waals surface area contributed by atoms with Gasteiger partial charge in [0, 0.05) is 30.6 Å². The molecule has 2 aromatic rings. The lowest BCUT2D eigenvalue weighted by atomic mass is 9.99. The van der Waals surface area contributed by atoms with Crippen LogP contribution in [0.3, 0.4) is 0 Å². The van der Waals surface area contributed by atoms with Crippen LogP contribution in [0.2, 0.25) is 0 Å². The summed E-state index contributed by atoms with van der Waals surface area (Å²) < 4.78 is 5.67. The van der Waals surface area contributed by atoms with Gasteiger partial charge in [-0.05, 0) is 24.1 Å². The molecule has 6 heteroatoms. The molecule has 27 heavy (non-hydrogen) atoms. The first kappa shape index (κ1) is 17.4. The van der Waals surface area contributed by atoms with Gasteiger partial charge in [0.15, 0.2) is 5.96 Å². The average molecular weight is 364 g/mol. The van der Waals surface area contributed by atoms with Crippen LogP contribution >= 0.6 is 0 Å². The van der Waals surface area contributed by atoms with E-state index in [1.807, 2.05) is 53.4 Å². The number of nitrogens with two attached hydrogens (primary N) is 1. The topological polar surface area (TPSA) is 80.0 Å². The molecular weight excluding hydrogens is 340 g/mol. The van der Waals surface area contributed by atoms with Crippen LogP contribution in [0.1, 0.15) is 33.9 Å². The van der Waals surface area contributed by atoms with E-state index in [0.717, 1.165) is 41.8 Å². The second-order valence-corrected chi connectivity index (χ2v) is 6.84. The highest BCUT2D eigenvalue weighted by molar-refractivity contribution is 5.96. The number of aliphatic imine (C=N–C) groups is 1. The standard InChI is InChI=1S/C21H24N4O2/c22-21(24-18-10-14-27-19-8-4-3-7-17(18)19)23-11-13-25-12-9-15-5-1-2-6-16(15)20(25)26/h1-8,18H,9-14H2,(H3,22,23,24). The van der Waals surface area contributed by atoms with Crippen molar-refractivity contribution >= 4 is 11.9 Å². The van der Waals surface area contributed by atoms with E-state index < -0.39 is 0 Å². The zero-order valence-electron chi connectivity index (χ0n) is 15.2. The minimum Gasteiger partial charge on any atom is -0.493 e. The Labute approximate surface area is 159 Å². The Bertz CT molecular complexity index is 865. The van der Waals surface area contributed by atoms with Gasteiger partial charge in [0.25, 0.3) is 5.91 Å². The molecule has 3 N–H and O–H groups in total. The molecular formula is C21H24N4O2. The zero-order valence-corrected chi connectivity index (χ0v) is 15.2. The first-order chi connectivity index (χ1) is 13.2. The van der Waals surface area contributed by atoms with Gasteiger partial charge in [-0.25, -0.2) is 0 Å². The summed E-state index contributed by atoms with van der Waals surface area (Å²) in [6, 6.07) is 15.9. The number of hydrogen-bond donors (Lipinski definition) is 2. The molecule has 2 heterocycles. The lowest BCUT2D eigenvalue weighted by Crippen LogP contribution is -2.40. The zero-order chi connectivity index (χ0) is 18.6. The first-order valence-corrected chi connectivity index (χ1v) is 9.38. The van der Waals surface area contributed by atoms with Gasteiger partial charge in [0.2, 0.25) is 0 Å². The number of amides is 1. The number of fused-ring (bicyclic) bond motifs is 2. The van der Waals surface area contributed by atoms with Crippen molar-refractivity contribution in [3.05, 3.63) is 65.2 Å². The summed E-state index contributed by atoms with van der Waals surface area (Å²) in [6.45, 7) is 2.44. The summed E-state index contributed by atoms with van der Waals surface area (Å²) in [6.07, 6.45) is 1.73. The van der Waals surface area contributed by atoms with Gasteiger partial charge in [0.1, 0.15) is 5.75 Å². The van der Waals surface area contributed by atoms with E-state index in [1.165, 1.54) is 0 Å². The molecule has 2 aliphatic rings. The number of carbonyl (C=O) groups excluding carboxylic acids is 1. The maximum Gasteiger partial charge on any atom is 0.254 e. The highest BCUT2D eigenvalue weighted by Gasteiger charge is 2.23. The molecule has 2 aromatic carbocycles. The number of ether oxygens (including phenoxy) is 1. The van der Waals surface area contributed by atoms with Crippen molar-refractivity contribution < 1.29 is 9.53 Å². The van der Waals surface area contributed by atoms with Crippen molar-refractivity contribution in [1.82, 2.24) is 10.2 Å². The van der Waals surface area contributed by atoms with E-state index in [2.05, 4.69) is 10.3 Å². The van der Waals surface area contributed by atoms with Crippen molar-refractivity contribution in [3.63, 3.8) is 0 Å². The molecule has 2 aliphatic heterocycles. The fourth-order valence-corrected chi connectivity index (χ4v) is 3.69. The number of para-hydroxylation sites is 1. The molecule has 0 saturated heterocycles. The van der Waals surface area contributed by atoms with Crippen molar-refractivity contribution in [3.8, 4) is 5.75 Å². The third kappa shape index (κ3) is 3.74. The minimum absolute atomic E-state index is 0.0805. The van der Waals surface area contributed by atoms with E-state index in [0.29, 0.717) is 25.7 Å². The van der Waals surface area contributed by atoms with E-state index in [4.69, 9.17) is 10.5 Å². The van der Waals surface area contributed by atoms with Gasteiger partial charge in [-0.3, -0.25) is 9.79 Å². The molecule has 6 nitrogen and oxygen atoms in total. The van der Waals surface area contributed by atoms with E-state index in [1.54, 1.807) is 0 Å². The number of guanidine groups is 1. The molecule has 0 aliphatic carbocycles. The lowest BCUT2D eigenvalue weighted by molar-refractivity contribution is 0.0745. The van der Waals surface area contributed by atoms with E-state index >= 15 is 0 Å². The van der Waals surface area contributed by atoms with Gasteiger partial charge in [-0.15, -0.1) is 0 Å². The molecule has 0 spiro atoms. The second kappa shape index (κ2) is 7.70.